The molecule has 3 fully saturated rings. The molecular formula is C86H164N2O21. The van der Waals surface area contributed by atoms with Crippen molar-refractivity contribution in [3.8, 4) is 0 Å². The highest BCUT2D eigenvalue weighted by Crippen LogP contribution is 2.39. The number of rotatable bonds is 73. The standard InChI is InChI=1S/C86H164N2O21/c1-4-6-8-10-12-14-16-18-20-22-24-26-27-28-29-30-31-32-33-34-35-36-37-38-39-40-42-44-46-48-50-52-54-56-58-60-73(96)88-67(68(93)59-57-55-53-51-49-47-45-43-41-25-23-21-19-17-15-13-11-9-7-5-2)65-104-83-78(100)77(99)80(72(64-91)106-83)107-84-79(101)82(76(98)71(63-90)105-84)109-86(85(102)103)61-69(94)74(87-66(3)92)81(108-86)75(97)70(95)62-89/h67-72,74-84,89-91,93-95,97-101H,4-65H2,1-3H3,(H,87,92)(H,88,96)(H,102,103). The van der Waals surface area contributed by atoms with Gasteiger partial charge in [0.1, 0.15) is 67.1 Å². The SMILES string of the molecule is CCCCCCCCCCCCCCCCCCCCCCCCCCCCCCCCCCCCCC(=O)NC(COC1OC(CO)C(OC2OC(CO)C(O)C(OC3(C(=O)O)CC(O)C(NC(C)=O)C(C(O)C(O)CO)O3)C2O)C(O)C1O)C(O)CCCCCCCCCCCCCCCCCCCCCC. The summed E-state index contributed by atoms with van der Waals surface area (Å²) < 4.78 is 35.0. The number of carboxylic acids is 1. The molecule has 3 rings (SSSR count). The Bertz CT molecular complexity index is 2160. The second kappa shape index (κ2) is 64.8. The zero-order valence-electron chi connectivity index (χ0n) is 68.7. The molecule has 14 N–H and O–H groups in total. The summed E-state index contributed by atoms with van der Waals surface area (Å²) in [6.45, 7) is 2.29. The van der Waals surface area contributed by atoms with Gasteiger partial charge in [0.05, 0.1) is 50.7 Å². The Morgan fingerprint density at radius 2 is 0.798 bits per heavy atom. The van der Waals surface area contributed by atoms with Gasteiger partial charge in [-0.05, 0) is 12.8 Å². The third-order valence-corrected chi connectivity index (χ3v) is 23.1. The summed E-state index contributed by atoms with van der Waals surface area (Å²) >= 11 is 0. The topological polar surface area (TPSA) is 373 Å². The maximum absolute atomic E-state index is 13.6. The summed E-state index contributed by atoms with van der Waals surface area (Å²) in [5.41, 5.74) is 0. The average Bonchev–Trinajstić information content (AvgIpc) is 0.751. The minimum atomic E-state index is -3.08. The number of hydrogen-bond acceptors (Lipinski definition) is 20. The molecule has 3 aliphatic rings. The van der Waals surface area contributed by atoms with E-state index in [-0.39, 0.29) is 18.9 Å². The van der Waals surface area contributed by atoms with Crippen LogP contribution in [0.15, 0.2) is 0 Å². The minimum absolute atomic E-state index is 0.230. The Balaban J connectivity index is 1.42. The van der Waals surface area contributed by atoms with Crippen LogP contribution in [0.1, 0.15) is 393 Å². The number of aliphatic hydroxyl groups excluding tert-OH is 11. The Labute approximate surface area is 659 Å². The molecule has 0 aromatic carbocycles. The summed E-state index contributed by atoms with van der Waals surface area (Å²) in [5, 5.41) is 137. The maximum Gasteiger partial charge on any atom is 0.364 e. The lowest BCUT2D eigenvalue weighted by Crippen LogP contribution is -2.70. The summed E-state index contributed by atoms with van der Waals surface area (Å²) in [4.78, 5) is 38.8. The van der Waals surface area contributed by atoms with E-state index in [1.54, 1.807) is 0 Å². The molecule has 0 aliphatic carbocycles. The van der Waals surface area contributed by atoms with E-state index in [9.17, 15) is 75.7 Å². The van der Waals surface area contributed by atoms with Crippen LogP contribution in [-0.4, -0.2) is 215 Å². The van der Waals surface area contributed by atoms with Crippen molar-refractivity contribution in [1.29, 1.82) is 0 Å². The van der Waals surface area contributed by atoms with E-state index in [1.807, 2.05) is 0 Å². The van der Waals surface area contributed by atoms with E-state index in [1.165, 1.54) is 295 Å². The van der Waals surface area contributed by atoms with Crippen molar-refractivity contribution in [1.82, 2.24) is 10.6 Å². The Kier molecular flexibility index (Phi) is 60.0. The molecule has 23 heteroatoms. The molecule has 0 saturated carbocycles. The molecular weight excluding hydrogens is 1400 g/mol. The van der Waals surface area contributed by atoms with Gasteiger partial charge in [0.25, 0.3) is 5.79 Å². The monoisotopic (exact) mass is 1560 g/mol. The summed E-state index contributed by atoms with van der Waals surface area (Å²) in [7, 11) is 0. The van der Waals surface area contributed by atoms with Gasteiger partial charge < -0.3 is 100 Å². The van der Waals surface area contributed by atoms with E-state index >= 15 is 0 Å². The van der Waals surface area contributed by atoms with Crippen molar-refractivity contribution >= 4 is 17.8 Å². The highest BCUT2D eigenvalue weighted by atomic mass is 16.8. The predicted molar refractivity (Wildman–Crippen MR) is 426 cm³/mol. The molecule has 109 heavy (non-hydrogen) atoms. The third-order valence-electron chi connectivity index (χ3n) is 23.1. The number of carboxylic acid groups (broad SMARTS) is 1. The number of carbonyl (C=O) groups is 3. The molecule has 0 bridgehead atoms. The molecule has 0 radical (unpaired) electrons. The fraction of sp³-hybridized carbons (Fsp3) is 0.965. The molecule has 2 amide bonds. The van der Waals surface area contributed by atoms with Gasteiger partial charge in [0, 0.05) is 19.8 Å². The number of carbonyl (C=O) groups excluding carboxylic acids is 2. The van der Waals surface area contributed by atoms with Gasteiger partial charge in [-0.2, -0.15) is 0 Å². The molecule has 3 saturated heterocycles. The average molecular weight is 1560 g/mol. The second-order valence-electron chi connectivity index (χ2n) is 32.8. The smallest absolute Gasteiger partial charge is 0.364 e. The summed E-state index contributed by atoms with van der Waals surface area (Å²) in [6.07, 6.45) is 42.6. The minimum Gasteiger partial charge on any atom is -0.477 e. The molecule has 0 spiro atoms. The Hall–Kier alpha value is -2.27. The second-order valence-corrected chi connectivity index (χ2v) is 32.8. The van der Waals surface area contributed by atoms with Crippen LogP contribution in [-0.2, 0) is 42.8 Å². The number of nitrogens with one attached hydrogen (secondary N) is 2. The predicted octanol–water partition coefficient (Wildman–Crippen LogP) is 13.9. The highest BCUT2D eigenvalue weighted by Gasteiger charge is 2.60. The normalized spacial score (nSPS) is 25.7. The van der Waals surface area contributed by atoms with E-state index in [0.29, 0.717) is 19.3 Å². The zero-order valence-corrected chi connectivity index (χ0v) is 68.7. The van der Waals surface area contributed by atoms with Gasteiger partial charge in [0.2, 0.25) is 11.8 Å². The van der Waals surface area contributed by atoms with Crippen molar-refractivity contribution in [3.63, 3.8) is 0 Å². The molecule has 0 aromatic heterocycles. The fourth-order valence-corrected chi connectivity index (χ4v) is 16.0. The van der Waals surface area contributed by atoms with Gasteiger partial charge in [-0.3, -0.25) is 9.59 Å². The van der Waals surface area contributed by atoms with Gasteiger partial charge in [0.15, 0.2) is 12.6 Å². The van der Waals surface area contributed by atoms with Crippen LogP contribution in [0.4, 0.5) is 0 Å². The van der Waals surface area contributed by atoms with E-state index < -0.39 is 148 Å². The fourth-order valence-electron chi connectivity index (χ4n) is 16.0. The first-order valence-corrected chi connectivity index (χ1v) is 44.9. The lowest BCUT2D eigenvalue weighted by Gasteiger charge is -2.50. The van der Waals surface area contributed by atoms with Crippen LogP contribution in [0.3, 0.4) is 0 Å². The third kappa shape index (κ3) is 44.0. The lowest BCUT2D eigenvalue weighted by molar-refractivity contribution is -0.386. The molecule has 18 atom stereocenters. The Morgan fingerprint density at radius 1 is 0.440 bits per heavy atom. The van der Waals surface area contributed by atoms with Crippen LogP contribution >= 0.6 is 0 Å². The van der Waals surface area contributed by atoms with Crippen LogP contribution in [0, 0.1) is 0 Å². The number of aliphatic carboxylic acids is 1. The Morgan fingerprint density at radius 3 is 1.15 bits per heavy atom. The van der Waals surface area contributed by atoms with Crippen molar-refractivity contribution in [2.45, 2.75) is 503 Å². The van der Waals surface area contributed by atoms with Gasteiger partial charge in [-0.15, -0.1) is 0 Å². The number of unbranched alkanes of at least 4 members (excludes halogenated alkanes) is 53. The summed E-state index contributed by atoms with van der Waals surface area (Å²) in [6, 6.07) is -2.53. The van der Waals surface area contributed by atoms with Crippen LogP contribution in [0.5, 0.6) is 0 Å². The first-order chi connectivity index (χ1) is 52.9. The zero-order chi connectivity index (χ0) is 79.5. The maximum atomic E-state index is 13.6. The van der Waals surface area contributed by atoms with Crippen molar-refractivity contribution in [2.75, 3.05) is 26.4 Å². The highest BCUT2D eigenvalue weighted by molar-refractivity contribution is 5.77. The molecule has 3 aliphatic heterocycles. The number of aliphatic hydroxyl groups is 11. The van der Waals surface area contributed by atoms with Crippen LogP contribution in [0.2, 0.25) is 0 Å². The largest absolute Gasteiger partial charge is 0.477 e. The van der Waals surface area contributed by atoms with Crippen LogP contribution < -0.4 is 10.6 Å². The number of ether oxygens (including phenoxy) is 6. The summed E-state index contributed by atoms with van der Waals surface area (Å²) in [5.74, 6) is -6.08. The number of amides is 2. The quantitative estimate of drug-likeness (QED) is 0.0252. The van der Waals surface area contributed by atoms with Crippen molar-refractivity contribution < 1.29 is 104 Å². The van der Waals surface area contributed by atoms with Gasteiger partial charge in [-0.1, -0.05) is 361 Å². The molecule has 644 valence electrons. The first kappa shape index (κ1) is 101. The van der Waals surface area contributed by atoms with E-state index in [4.69, 9.17) is 28.4 Å². The molecule has 18 unspecified atom stereocenters. The number of hydrogen-bond donors (Lipinski definition) is 14. The van der Waals surface area contributed by atoms with Gasteiger partial charge in [-0.25, -0.2) is 4.79 Å². The van der Waals surface area contributed by atoms with Crippen molar-refractivity contribution in [2.24, 2.45) is 0 Å². The first-order valence-electron chi connectivity index (χ1n) is 44.9. The molecule has 23 nitrogen and oxygen atoms in total. The lowest BCUT2D eigenvalue weighted by atomic mass is 9.88. The van der Waals surface area contributed by atoms with Gasteiger partial charge >= 0.3 is 5.97 Å². The molecule has 0 aromatic rings. The van der Waals surface area contributed by atoms with E-state index in [2.05, 4.69) is 24.5 Å². The van der Waals surface area contributed by atoms with Crippen molar-refractivity contribution in [3.05, 3.63) is 0 Å². The van der Waals surface area contributed by atoms with Crippen LogP contribution in [0.25, 0.3) is 0 Å². The van der Waals surface area contributed by atoms with E-state index in [0.717, 1.165) is 51.9 Å². The molecule has 3 heterocycles.